The molecule has 1 heterocycles. The topological polar surface area (TPSA) is 21.3 Å². The van der Waals surface area contributed by atoms with Crippen LogP contribution in [0.5, 0.6) is 0 Å². The van der Waals surface area contributed by atoms with E-state index in [2.05, 4.69) is 25.4 Å². The van der Waals surface area contributed by atoms with E-state index in [9.17, 15) is 0 Å². The summed E-state index contributed by atoms with van der Waals surface area (Å²) in [6.45, 7) is 6.49. The molecule has 0 amide bonds. The van der Waals surface area contributed by atoms with Crippen LogP contribution in [-0.4, -0.2) is 36.8 Å². The van der Waals surface area contributed by atoms with Crippen LogP contribution < -0.4 is 5.32 Å². The van der Waals surface area contributed by atoms with E-state index in [1.165, 1.54) is 12.2 Å². The fraction of sp³-hybridized carbons (Fsp3) is 1.00. The molecule has 3 heteroatoms. The zero-order valence-corrected chi connectivity index (χ0v) is 10.5. The first-order chi connectivity index (χ1) is 6.70. The molecule has 1 saturated heterocycles. The van der Waals surface area contributed by atoms with Gasteiger partial charge in [-0.1, -0.05) is 6.92 Å². The number of rotatable bonds is 5. The lowest BCUT2D eigenvalue weighted by Crippen LogP contribution is -2.45. The van der Waals surface area contributed by atoms with Crippen LogP contribution >= 0.6 is 11.8 Å². The molecule has 1 aliphatic heterocycles. The maximum atomic E-state index is 5.81. The van der Waals surface area contributed by atoms with Gasteiger partial charge in [-0.25, -0.2) is 0 Å². The summed E-state index contributed by atoms with van der Waals surface area (Å²) >= 11 is 1.90. The molecule has 0 aromatic carbocycles. The van der Waals surface area contributed by atoms with Crippen LogP contribution in [0.15, 0.2) is 0 Å². The number of nitrogens with one attached hydrogen (secondary N) is 1. The minimum absolute atomic E-state index is 0.120. The molecule has 1 N–H and O–H groups in total. The van der Waals surface area contributed by atoms with Gasteiger partial charge < -0.3 is 10.1 Å². The third-order valence-corrected chi connectivity index (χ3v) is 3.69. The molecule has 14 heavy (non-hydrogen) atoms. The van der Waals surface area contributed by atoms with Gasteiger partial charge in [-0.3, -0.25) is 0 Å². The lowest BCUT2D eigenvalue weighted by Gasteiger charge is -2.38. The average Bonchev–Trinajstić information content (AvgIpc) is 2.19. The van der Waals surface area contributed by atoms with Gasteiger partial charge in [0.05, 0.1) is 5.60 Å². The van der Waals surface area contributed by atoms with Crippen molar-refractivity contribution in [1.29, 1.82) is 0 Å². The average molecular weight is 217 g/mol. The molecular weight excluding hydrogens is 194 g/mol. The lowest BCUT2D eigenvalue weighted by molar-refractivity contribution is -0.0776. The van der Waals surface area contributed by atoms with Gasteiger partial charge in [0.2, 0.25) is 0 Å². The maximum Gasteiger partial charge on any atom is 0.0666 e. The first-order valence-corrected chi connectivity index (χ1v) is 6.96. The highest BCUT2D eigenvalue weighted by atomic mass is 32.2. The summed E-state index contributed by atoms with van der Waals surface area (Å²) < 4.78 is 5.81. The third-order valence-electron chi connectivity index (χ3n) is 3.08. The smallest absolute Gasteiger partial charge is 0.0666 e. The van der Waals surface area contributed by atoms with Crippen LogP contribution in [0.2, 0.25) is 0 Å². The molecule has 0 radical (unpaired) electrons. The fourth-order valence-corrected chi connectivity index (χ4v) is 2.24. The van der Waals surface area contributed by atoms with Gasteiger partial charge in [-0.15, -0.1) is 0 Å². The van der Waals surface area contributed by atoms with Crippen molar-refractivity contribution in [1.82, 2.24) is 5.32 Å². The van der Waals surface area contributed by atoms with Crippen LogP contribution in [0.3, 0.4) is 0 Å². The van der Waals surface area contributed by atoms with E-state index < -0.39 is 0 Å². The Morgan fingerprint density at radius 3 is 3.00 bits per heavy atom. The Kier molecular flexibility index (Phi) is 5.28. The van der Waals surface area contributed by atoms with Crippen molar-refractivity contribution in [3.63, 3.8) is 0 Å². The molecule has 2 unspecified atom stereocenters. The molecular formula is C11H23NOS. The quantitative estimate of drug-likeness (QED) is 0.714. The molecule has 84 valence electrons. The van der Waals surface area contributed by atoms with Gasteiger partial charge in [0.15, 0.2) is 0 Å². The van der Waals surface area contributed by atoms with Crippen molar-refractivity contribution in [3.8, 4) is 0 Å². The summed E-state index contributed by atoms with van der Waals surface area (Å²) in [6, 6.07) is 0.667. The van der Waals surface area contributed by atoms with E-state index in [4.69, 9.17) is 4.74 Å². The monoisotopic (exact) mass is 217 g/mol. The number of thioether (sulfide) groups is 1. The van der Waals surface area contributed by atoms with E-state index in [1.54, 1.807) is 0 Å². The van der Waals surface area contributed by atoms with Crippen LogP contribution in [0.25, 0.3) is 0 Å². The van der Waals surface area contributed by atoms with Crippen molar-refractivity contribution in [2.24, 2.45) is 0 Å². The second-order valence-corrected chi connectivity index (χ2v) is 5.27. The van der Waals surface area contributed by atoms with Crippen LogP contribution in [0.4, 0.5) is 0 Å². The predicted octanol–water partition coefficient (Wildman–Crippen LogP) is 2.29. The Hall–Kier alpha value is 0.270. The minimum Gasteiger partial charge on any atom is -0.375 e. The van der Waals surface area contributed by atoms with Crippen LogP contribution in [-0.2, 0) is 4.74 Å². The molecule has 0 bridgehead atoms. The Morgan fingerprint density at radius 1 is 1.57 bits per heavy atom. The van der Waals surface area contributed by atoms with Crippen LogP contribution in [0, 0.1) is 0 Å². The van der Waals surface area contributed by atoms with E-state index in [0.29, 0.717) is 6.04 Å². The van der Waals surface area contributed by atoms with Crippen molar-refractivity contribution < 1.29 is 4.74 Å². The van der Waals surface area contributed by atoms with E-state index in [-0.39, 0.29) is 5.60 Å². The standard InChI is InChI=1S/C11H23NOS/c1-4-11(2)9-10(5-7-13-11)12-6-8-14-3/h10,12H,4-9H2,1-3H3. The van der Waals surface area contributed by atoms with Gasteiger partial charge in [-0.2, -0.15) is 11.8 Å². The Morgan fingerprint density at radius 2 is 2.36 bits per heavy atom. The van der Waals surface area contributed by atoms with Gasteiger partial charge in [0, 0.05) is 24.9 Å². The van der Waals surface area contributed by atoms with Crippen LogP contribution in [0.1, 0.15) is 33.1 Å². The molecule has 0 aromatic rings. The second kappa shape index (κ2) is 5.99. The maximum absolute atomic E-state index is 5.81. The Labute approximate surface area is 92.2 Å². The van der Waals surface area contributed by atoms with Gasteiger partial charge >= 0.3 is 0 Å². The van der Waals surface area contributed by atoms with E-state index in [0.717, 1.165) is 26.0 Å². The first kappa shape index (κ1) is 12.3. The lowest BCUT2D eigenvalue weighted by atomic mass is 9.90. The van der Waals surface area contributed by atoms with Crippen molar-refractivity contribution in [2.75, 3.05) is 25.2 Å². The molecule has 0 aliphatic carbocycles. The first-order valence-electron chi connectivity index (χ1n) is 5.56. The minimum atomic E-state index is 0.120. The molecule has 0 spiro atoms. The summed E-state index contributed by atoms with van der Waals surface area (Å²) in [5, 5.41) is 3.61. The number of hydrogen-bond donors (Lipinski definition) is 1. The zero-order valence-electron chi connectivity index (χ0n) is 9.64. The molecule has 1 aliphatic rings. The predicted molar refractivity (Wildman–Crippen MR) is 64.1 cm³/mol. The molecule has 1 fully saturated rings. The number of ether oxygens (including phenoxy) is 1. The molecule has 2 nitrogen and oxygen atoms in total. The highest BCUT2D eigenvalue weighted by Crippen LogP contribution is 2.27. The fourth-order valence-electron chi connectivity index (χ4n) is 1.92. The summed E-state index contributed by atoms with van der Waals surface area (Å²) in [5.41, 5.74) is 0.120. The SMILES string of the molecule is CCC1(C)CC(NCCSC)CCO1. The van der Waals surface area contributed by atoms with E-state index in [1.807, 2.05) is 11.8 Å². The highest BCUT2D eigenvalue weighted by molar-refractivity contribution is 7.98. The molecule has 0 saturated carbocycles. The van der Waals surface area contributed by atoms with Crippen molar-refractivity contribution >= 4 is 11.8 Å². The normalized spacial score (nSPS) is 33.2. The molecule has 2 atom stereocenters. The largest absolute Gasteiger partial charge is 0.375 e. The molecule has 1 rings (SSSR count). The summed E-state index contributed by atoms with van der Waals surface area (Å²) in [6.07, 6.45) is 5.61. The Balaban J connectivity index is 2.25. The van der Waals surface area contributed by atoms with Crippen molar-refractivity contribution in [3.05, 3.63) is 0 Å². The third kappa shape index (κ3) is 3.79. The summed E-state index contributed by atoms with van der Waals surface area (Å²) in [4.78, 5) is 0. The van der Waals surface area contributed by atoms with E-state index >= 15 is 0 Å². The number of hydrogen-bond acceptors (Lipinski definition) is 3. The summed E-state index contributed by atoms with van der Waals surface area (Å²) in [5.74, 6) is 1.21. The highest BCUT2D eigenvalue weighted by Gasteiger charge is 2.30. The van der Waals surface area contributed by atoms with Gasteiger partial charge in [0.1, 0.15) is 0 Å². The second-order valence-electron chi connectivity index (χ2n) is 4.29. The molecule has 0 aromatic heterocycles. The van der Waals surface area contributed by atoms with Gasteiger partial charge in [-0.05, 0) is 32.4 Å². The Bertz CT molecular complexity index is 165. The van der Waals surface area contributed by atoms with Crippen molar-refractivity contribution in [2.45, 2.75) is 44.8 Å². The summed E-state index contributed by atoms with van der Waals surface area (Å²) in [7, 11) is 0. The van der Waals surface area contributed by atoms with Gasteiger partial charge in [0.25, 0.3) is 0 Å². The zero-order chi connectivity index (χ0) is 10.4.